The predicted molar refractivity (Wildman–Crippen MR) is 83.5 cm³/mol. The second-order valence-corrected chi connectivity index (χ2v) is 4.37. The number of hydrogen-bond donors (Lipinski definition) is 1. The van der Waals surface area contributed by atoms with Crippen molar-refractivity contribution in [1.29, 1.82) is 0 Å². The van der Waals surface area contributed by atoms with Crippen LogP contribution in [0.4, 0.5) is 5.82 Å². The van der Waals surface area contributed by atoms with Gasteiger partial charge in [0.15, 0.2) is 5.82 Å². The first-order chi connectivity index (χ1) is 10.3. The molecule has 1 heterocycles. The summed E-state index contributed by atoms with van der Waals surface area (Å²) in [5.41, 5.74) is 1.78. The molecule has 0 aliphatic rings. The number of para-hydroxylation sites is 1. The van der Waals surface area contributed by atoms with Crippen LogP contribution in [0.1, 0.15) is 19.7 Å². The van der Waals surface area contributed by atoms with Crippen LogP contribution < -0.4 is 10.1 Å². The fourth-order valence-electron chi connectivity index (χ4n) is 1.98. The van der Waals surface area contributed by atoms with Crippen LogP contribution in [0.25, 0.3) is 11.3 Å². The topological polar surface area (TPSA) is 56.3 Å². The molecule has 0 radical (unpaired) electrons. The Hall–Kier alpha value is -2.14. The van der Waals surface area contributed by atoms with Crippen molar-refractivity contribution in [1.82, 2.24) is 9.97 Å². The molecule has 0 unspecified atom stereocenters. The first-order valence-corrected chi connectivity index (χ1v) is 7.14. The van der Waals surface area contributed by atoms with Crippen LogP contribution >= 0.6 is 0 Å². The van der Waals surface area contributed by atoms with E-state index >= 15 is 0 Å². The molecule has 0 saturated heterocycles. The molecule has 2 rings (SSSR count). The van der Waals surface area contributed by atoms with Gasteiger partial charge in [0.1, 0.15) is 18.2 Å². The molecule has 1 N–H and O–H groups in total. The maximum Gasteiger partial charge on any atom is 0.157 e. The van der Waals surface area contributed by atoms with Crippen molar-refractivity contribution in [2.75, 3.05) is 25.6 Å². The lowest BCUT2D eigenvalue weighted by Gasteiger charge is -2.12. The van der Waals surface area contributed by atoms with Crippen molar-refractivity contribution in [3.8, 4) is 17.0 Å². The van der Waals surface area contributed by atoms with Crippen molar-refractivity contribution < 1.29 is 9.47 Å². The molecule has 0 aliphatic heterocycles. The van der Waals surface area contributed by atoms with E-state index < -0.39 is 0 Å². The zero-order valence-electron chi connectivity index (χ0n) is 12.7. The predicted octanol–water partition coefficient (Wildman–Crippen LogP) is 3.12. The van der Waals surface area contributed by atoms with Crippen LogP contribution in [0.5, 0.6) is 5.75 Å². The number of benzene rings is 1. The van der Waals surface area contributed by atoms with E-state index in [0.717, 1.165) is 22.8 Å². The molecule has 0 spiro atoms. The van der Waals surface area contributed by atoms with E-state index in [1.807, 2.05) is 51.2 Å². The van der Waals surface area contributed by atoms with Gasteiger partial charge in [0.05, 0.1) is 12.3 Å². The van der Waals surface area contributed by atoms with Gasteiger partial charge < -0.3 is 14.8 Å². The molecule has 0 atom stereocenters. The summed E-state index contributed by atoms with van der Waals surface area (Å²) < 4.78 is 11.1. The number of ether oxygens (including phenoxy) is 2. The molecule has 5 nitrogen and oxygen atoms in total. The van der Waals surface area contributed by atoms with E-state index in [0.29, 0.717) is 25.6 Å². The highest BCUT2D eigenvalue weighted by atomic mass is 16.5. The highest BCUT2D eigenvalue weighted by molar-refractivity contribution is 5.69. The summed E-state index contributed by atoms with van der Waals surface area (Å²) in [6.07, 6.45) is 0. The van der Waals surface area contributed by atoms with Gasteiger partial charge in [-0.15, -0.1) is 0 Å². The minimum absolute atomic E-state index is 0.399. The van der Waals surface area contributed by atoms with Crippen LogP contribution in [0.3, 0.4) is 0 Å². The lowest BCUT2D eigenvalue weighted by molar-refractivity contribution is 0.128. The first-order valence-electron chi connectivity index (χ1n) is 7.14. The summed E-state index contributed by atoms with van der Waals surface area (Å²) >= 11 is 0. The van der Waals surface area contributed by atoms with Gasteiger partial charge in [0, 0.05) is 25.3 Å². The largest absolute Gasteiger partial charge is 0.493 e. The highest BCUT2D eigenvalue weighted by Gasteiger charge is 2.10. The van der Waals surface area contributed by atoms with Crippen molar-refractivity contribution in [3.05, 3.63) is 36.2 Å². The lowest BCUT2D eigenvalue weighted by atomic mass is 10.1. The van der Waals surface area contributed by atoms with Gasteiger partial charge in [-0.1, -0.05) is 12.1 Å². The molecule has 2 aromatic rings. The zero-order valence-corrected chi connectivity index (χ0v) is 12.7. The molecule has 0 bridgehead atoms. The second-order valence-electron chi connectivity index (χ2n) is 4.37. The van der Waals surface area contributed by atoms with E-state index in [-0.39, 0.29) is 0 Å². The summed E-state index contributed by atoms with van der Waals surface area (Å²) in [5, 5.41) is 3.06. The Kier molecular flexibility index (Phi) is 5.51. The molecule has 5 heteroatoms. The summed E-state index contributed by atoms with van der Waals surface area (Å²) in [6, 6.07) is 9.78. The lowest BCUT2D eigenvalue weighted by Crippen LogP contribution is -2.04. The van der Waals surface area contributed by atoms with E-state index in [2.05, 4.69) is 15.3 Å². The van der Waals surface area contributed by atoms with Crippen molar-refractivity contribution in [2.24, 2.45) is 0 Å². The molecule has 0 fully saturated rings. The van der Waals surface area contributed by atoms with Gasteiger partial charge in [-0.2, -0.15) is 0 Å². The molecule has 0 amide bonds. The third-order valence-electron chi connectivity index (χ3n) is 2.93. The normalized spacial score (nSPS) is 10.4. The van der Waals surface area contributed by atoms with Crippen LogP contribution in [0, 0.1) is 0 Å². The van der Waals surface area contributed by atoms with Gasteiger partial charge in [-0.3, -0.25) is 0 Å². The standard InChI is InChI=1S/C16H21N3O2/c1-4-20-11-16-18-13(10-15(17-3)19-16)12-8-6-7-9-14(12)21-5-2/h6-10H,4-5,11H2,1-3H3,(H,17,18,19). The Balaban J connectivity index is 2.42. The quantitative estimate of drug-likeness (QED) is 0.848. The number of anilines is 1. The number of aromatic nitrogens is 2. The minimum Gasteiger partial charge on any atom is -0.493 e. The monoisotopic (exact) mass is 287 g/mol. The van der Waals surface area contributed by atoms with Crippen molar-refractivity contribution in [3.63, 3.8) is 0 Å². The number of nitrogens with one attached hydrogen (secondary N) is 1. The fraction of sp³-hybridized carbons (Fsp3) is 0.375. The molecule has 21 heavy (non-hydrogen) atoms. The van der Waals surface area contributed by atoms with Crippen LogP contribution in [-0.4, -0.2) is 30.2 Å². The minimum atomic E-state index is 0.399. The first kappa shape index (κ1) is 15.3. The number of rotatable bonds is 7. The third-order valence-corrected chi connectivity index (χ3v) is 2.93. The molecule has 1 aromatic heterocycles. The summed E-state index contributed by atoms with van der Waals surface area (Å²) in [4.78, 5) is 8.98. The molecule has 0 aliphatic carbocycles. The Morgan fingerprint density at radius 2 is 1.90 bits per heavy atom. The van der Waals surface area contributed by atoms with E-state index in [1.54, 1.807) is 0 Å². The van der Waals surface area contributed by atoms with Crippen LogP contribution in [0.2, 0.25) is 0 Å². The van der Waals surface area contributed by atoms with Crippen LogP contribution in [0.15, 0.2) is 30.3 Å². The molecule has 112 valence electrons. The molecule has 0 saturated carbocycles. The maximum absolute atomic E-state index is 5.67. The van der Waals surface area contributed by atoms with Crippen molar-refractivity contribution in [2.45, 2.75) is 20.5 Å². The van der Waals surface area contributed by atoms with E-state index in [1.165, 1.54) is 0 Å². The smallest absolute Gasteiger partial charge is 0.157 e. The number of nitrogens with zero attached hydrogens (tertiary/aromatic N) is 2. The van der Waals surface area contributed by atoms with Gasteiger partial charge >= 0.3 is 0 Å². The summed E-state index contributed by atoms with van der Waals surface area (Å²) in [5.74, 6) is 2.24. The Bertz CT molecular complexity index is 587. The summed E-state index contributed by atoms with van der Waals surface area (Å²) in [6.45, 7) is 5.57. The van der Waals surface area contributed by atoms with Crippen LogP contribution in [-0.2, 0) is 11.3 Å². The van der Waals surface area contributed by atoms with Gasteiger partial charge in [0.2, 0.25) is 0 Å². The molecular weight excluding hydrogens is 266 g/mol. The average molecular weight is 287 g/mol. The molecular formula is C16H21N3O2. The van der Waals surface area contributed by atoms with E-state index in [4.69, 9.17) is 9.47 Å². The van der Waals surface area contributed by atoms with Gasteiger partial charge in [0.25, 0.3) is 0 Å². The second kappa shape index (κ2) is 7.59. The van der Waals surface area contributed by atoms with Gasteiger partial charge in [-0.05, 0) is 26.0 Å². The summed E-state index contributed by atoms with van der Waals surface area (Å²) in [7, 11) is 1.84. The SMILES string of the molecule is CCOCc1nc(NC)cc(-c2ccccc2OCC)n1. The van der Waals surface area contributed by atoms with E-state index in [9.17, 15) is 0 Å². The Labute approximate surface area is 125 Å². The fourth-order valence-corrected chi connectivity index (χ4v) is 1.98. The highest BCUT2D eigenvalue weighted by Crippen LogP contribution is 2.29. The Morgan fingerprint density at radius 1 is 1.10 bits per heavy atom. The third kappa shape index (κ3) is 3.92. The molecule has 1 aromatic carbocycles. The number of hydrogen-bond acceptors (Lipinski definition) is 5. The zero-order chi connectivity index (χ0) is 15.1. The average Bonchev–Trinajstić information content (AvgIpc) is 2.53. The Morgan fingerprint density at radius 3 is 2.62 bits per heavy atom. The van der Waals surface area contributed by atoms with Gasteiger partial charge in [-0.25, -0.2) is 9.97 Å². The maximum atomic E-state index is 5.67. The van der Waals surface area contributed by atoms with Crippen molar-refractivity contribution >= 4 is 5.82 Å².